The van der Waals surface area contributed by atoms with Crippen LogP contribution in [0.3, 0.4) is 0 Å². The monoisotopic (exact) mass is 521 g/mol. The van der Waals surface area contributed by atoms with Crippen molar-refractivity contribution < 1.29 is 28.6 Å². The van der Waals surface area contributed by atoms with Gasteiger partial charge in [-0.1, -0.05) is 12.1 Å². The van der Waals surface area contributed by atoms with E-state index in [1.807, 2.05) is 49.1 Å². The Morgan fingerprint density at radius 2 is 1.84 bits per heavy atom. The lowest BCUT2D eigenvalue weighted by Crippen LogP contribution is -2.49. The number of halogens is 1. The molecule has 5 rings (SSSR count). The minimum Gasteiger partial charge on any atom is -0.482 e. The van der Waals surface area contributed by atoms with Gasteiger partial charge in [-0.15, -0.1) is 0 Å². The van der Waals surface area contributed by atoms with Crippen molar-refractivity contribution in [3.05, 3.63) is 76.8 Å². The van der Waals surface area contributed by atoms with Crippen LogP contribution in [0.5, 0.6) is 0 Å². The summed E-state index contributed by atoms with van der Waals surface area (Å²) in [7, 11) is 0. The molecular weight excluding hydrogens is 489 g/mol. The largest absolute Gasteiger partial charge is 0.482 e. The molecule has 0 spiro atoms. The van der Waals surface area contributed by atoms with Gasteiger partial charge in [-0.2, -0.15) is 0 Å². The molecule has 2 amide bonds. The van der Waals surface area contributed by atoms with Crippen molar-refractivity contribution >= 4 is 28.6 Å². The first-order valence-corrected chi connectivity index (χ1v) is 12.8. The second-order valence-electron chi connectivity index (χ2n) is 10.1. The van der Waals surface area contributed by atoms with E-state index in [9.17, 15) is 14.0 Å². The molecule has 1 fully saturated rings. The van der Waals surface area contributed by atoms with Gasteiger partial charge in [0.2, 0.25) is 0 Å². The summed E-state index contributed by atoms with van der Waals surface area (Å²) in [6.45, 7) is 8.45. The van der Waals surface area contributed by atoms with E-state index < -0.39 is 11.4 Å². The number of rotatable bonds is 7. The maximum atomic E-state index is 13.6. The van der Waals surface area contributed by atoms with Crippen LogP contribution in [0.25, 0.3) is 11.1 Å². The van der Waals surface area contributed by atoms with Crippen molar-refractivity contribution in [3.63, 3.8) is 0 Å². The van der Waals surface area contributed by atoms with Crippen LogP contribution in [0.1, 0.15) is 35.3 Å². The standard InChI is InChI=1S/C29H32FN3O5/c1-29(2)23(18-25(38-29)26-22-8-7-21(30)17-24(22)31-27(26)35)19-3-5-20(6-4-19)28(36)33-11-9-32(10-12-33)13-15-37-16-14-34/h3-8,17-18,34H,9-16H2,1-2H3,(H,31,35)/b26-25+. The molecule has 0 aliphatic carbocycles. The summed E-state index contributed by atoms with van der Waals surface area (Å²) in [6, 6.07) is 11.7. The third-order valence-corrected chi connectivity index (χ3v) is 7.15. The summed E-state index contributed by atoms with van der Waals surface area (Å²) in [5.41, 5.74) is 3.13. The molecule has 0 radical (unpaired) electrons. The Labute approximate surface area is 221 Å². The summed E-state index contributed by atoms with van der Waals surface area (Å²) >= 11 is 0. The number of piperazine rings is 1. The van der Waals surface area contributed by atoms with Gasteiger partial charge in [-0.25, -0.2) is 4.39 Å². The van der Waals surface area contributed by atoms with Gasteiger partial charge in [-0.05, 0) is 55.8 Å². The third kappa shape index (κ3) is 5.22. The van der Waals surface area contributed by atoms with Crippen molar-refractivity contribution in [3.8, 4) is 0 Å². The molecule has 2 aromatic carbocycles. The van der Waals surface area contributed by atoms with E-state index in [-0.39, 0.29) is 18.4 Å². The second kappa shape index (κ2) is 10.7. The van der Waals surface area contributed by atoms with Crippen LogP contribution in [0.15, 0.2) is 54.3 Å². The van der Waals surface area contributed by atoms with Crippen LogP contribution in [-0.4, -0.2) is 84.9 Å². The van der Waals surface area contributed by atoms with Crippen molar-refractivity contribution in [1.82, 2.24) is 9.80 Å². The molecule has 0 atom stereocenters. The smallest absolute Gasteiger partial charge is 0.260 e. The lowest BCUT2D eigenvalue weighted by Gasteiger charge is -2.34. The van der Waals surface area contributed by atoms with Crippen molar-refractivity contribution in [2.24, 2.45) is 0 Å². The molecule has 8 nitrogen and oxygen atoms in total. The van der Waals surface area contributed by atoms with Crippen LogP contribution >= 0.6 is 0 Å². The minimum absolute atomic E-state index is 0.00193. The number of benzene rings is 2. The quantitative estimate of drug-likeness (QED) is 0.430. The molecular formula is C29H32FN3O5. The minimum atomic E-state index is -0.700. The second-order valence-corrected chi connectivity index (χ2v) is 10.1. The van der Waals surface area contributed by atoms with E-state index in [0.717, 1.165) is 30.8 Å². The number of aliphatic hydroxyl groups is 1. The highest BCUT2D eigenvalue weighted by Crippen LogP contribution is 2.44. The number of ether oxygens (including phenoxy) is 2. The Balaban J connectivity index is 1.29. The first kappa shape index (κ1) is 26.1. The topological polar surface area (TPSA) is 91.3 Å². The zero-order chi connectivity index (χ0) is 26.9. The number of hydrogen-bond acceptors (Lipinski definition) is 6. The van der Waals surface area contributed by atoms with Gasteiger partial charge < -0.3 is 24.8 Å². The van der Waals surface area contributed by atoms with Gasteiger partial charge in [0.05, 0.1) is 31.1 Å². The fourth-order valence-corrected chi connectivity index (χ4v) is 5.12. The molecule has 0 saturated carbocycles. The van der Waals surface area contributed by atoms with E-state index in [1.54, 1.807) is 6.07 Å². The Kier molecular flexibility index (Phi) is 7.34. The highest BCUT2D eigenvalue weighted by molar-refractivity contribution is 6.32. The zero-order valence-corrected chi connectivity index (χ0v) is 21.6. The Bertz CT molecular complexity index is 1290. The molecule has 0 unspecified atom stereocenters. The van der Waals surface area contributed by atoms with E-state index in [2.05, 4.69) is 10.2 Å². The number of nitrogens with one attached hydrogen (secondary N) is 1. The predicted molar refractivity (Wildman–Crippen MR) is 142 cm³/mol. The average molecular weight is 522 g/mol. The number of anilines is 1. The van der Waals surface area contributed by atoms with E-state index in [4.69, 9.17) is 14.6 Å². The summed E-state index contributed by atoms with van der Waals surface area (Å²) in [5, 5.41) is 11.5. The Hall–Kier alpha value is -3.53. The molecule has 38 heavy (non-hydrogen) atoms. The molecule has 1 saturated heterocycles. The zero-order valence-electron chi connectivity index (χ0n) is 21.6. The third-order valence-electron chi connectivity index (χ3n) is 7.15. The molecule has 9 heteroatoms. The van der Waals surface area contributed by atoms with Gasteiger partial charge >= 0.3 is 0 Å². The van der Waals surface area contributed by atoms with Gasteiger partial charge in [0.1, 0.15) is 17.2 Å². The fraction of sp³-hybridized carbons (Fsp3) is 0.379. The first-order valence-electron chi connectivity index (χ1n) is 12.8. The number of carbonyl (C=O) groups excluding carboxylic acids is 2. The highest BCUT2D eigenvalue weighted by atomic mass is 19.1. The summed E-state index contributed by atoms with van der Waals surface area (Å²) in [4.78, 5) is 29.9. The highest BCUT2D eigenvalue weighted by Gasteiger charge is 2.38. The molecule has 0 bridgehead atoms. The number of carbonyl (C=O) groups is 2. The van der Waals surface area contributed by atoms with Crippen LogP contribution in [0.2, 0.25) is 0 Å². The SMILES string of the molecule is CC1(C)O/C(=C2/C(=O)Nc3cc(F)ccc32)C=C1c1ccc(C(=O)N2CCN(CCOCCO)CC2)cc1. The van der Waals surface area contributed by atoms with Gasteiger partial charge in [-0.3, -0.25) is 14.5 Å². The van der Waals surface area contributed by atoms with Crippen LogP contribution in [0, 0.1) is 5.82 Å². The molecule has 2 aromatic rings. The number of allylic oxidation sites excluding steroid dienone is 1. The number of fused-ring (bicyclic) bond motifs is 1. The lowest BCUT2D eigenvalue weighted by atomic mass is 9.91. The summed E-state index contributed by atoms with van der Waals surface area (Å²) in [6.07, 6.45) is 1.85. The fourth-order valence-electron chi connectivity index (χ4n) is 5.12. The summed E-state index contributed by atoms with van der Waals surface area (Å²) < 4.78 is 25.2. The van der Waals surface area contributed by atoms with Crippen LogP contribution in [0.4, 0.5) is 10.1 Å². The maximum absolute atomic E-state index is 13.6. The van der Waals surface area contributed by atoms with Gasteiger partial charge in [0.15, 0.2) is 0 Å². The van der Waals surface area contributed by atoms with E-state index in [0.29, 0.717) is 54.4 Å². The van der Waals surface area contributed by atoms with Gasteiger partial charge in [0.25, 0.3) is 11.8 Å². The molecule has 3 aliphatic heterocycles. The number of hydrogen-bond donors (Lipinski definition) is 2. The number of nitrogens with zero attached hydrogens (tertiary/aromatic N) is 2. The molecule has 3 heterocycles. The van der Waals surface area contributed by atoms with Gasteiger partial charge in [0, 0.05) is 49.4 Å². The van der Waals surface area contributed by atoms with Crippen molar-refractivity contribution in [1.29, 1.82) is 0 Å². The Morgan fingerprint density at radius 1 is 1.11 bits per heavy atom. The predicted octanol–water partition coefficient (Wildman–Crippen LogP) is 3.15. The number of amides is 2. The molecule has 2 N–H and O–H groups in total. The van der Waals surface area contributed by atoms with E-state index in [1.165, 1.54) is 12.1 Å². The molecule has 200 valence electrons. The Morgan fingerprint density at radius 3 is 2.55 bits per heavy atom. The normalized spacial score (nSPS) is 20.7. The number of aliphatic hydroxyl groups excluding tert-OH is 1. The molecule has 3 aliphatic rings. The van der Waals surface area contributed by atoms with Crippen LogP contribution in [-0.2, 0) is 14.3 Å². The first-order chi connectivity index (χ1) is 18.3. The summed E-state index contributed by atoms with van der Waals surface area (Å²) in [5.74, 6) is -0.308. The van der Waals surface area contributed by atoms with Crippen molar-refractivity contribution in [2.75, 3.05) is 57.9 Å². The lowest BCUT2D eigenvalue weighted by molar-refractivity contribution is -0.111. The maximum Gasteiger partial charge on any atom is 0.260 e. The van der Waals surface area contributed by atoms with Crippen molar-refractivity contribution in [2.45, 2.75) is 19.4 Å². The molecule has 0 aromatic heterocycles. The average Bonchev–Trinajstić information content (AvgIpc) is 3.40. The van der Waals surface area contributed by atoms with E-state index >= 15 is 0 Å². The van der Waals surface area contributed by atoms with Crippen LogP contribution < -0.4 is 5.32 Å².